The number of benzene rings is 1. The largest absolute Gasteiger partial charge is 1.00 e. The van der Waals surface area contributed by atoms with Gasteiger partial charge in [-0.2, -0.15) is 0 Å². The summed E-state index contributed by atoms with van der Waals surface area (Å²) in [6, 6.07) is 5.38. The molecule has 0 bridgehead atoms. The van der Waals surface area contributed by atoms with Crippen molar-refractivity contribution in [1.29, 1.82) is 0 Å². The molecule has 0 saturated heterocycles. The van der Waals surface area contributed by atoms with Gasteiger partial charge in [0.1, 0.15) is 0 Å². The quantitative estimate of drug-likeness (QED) is 0.429. The van der Waals surface area contributed by atoms with Crippen molar-refractivity contribution in [3.63, 3.8) is 0 Å². The fraction of sp³-hybridized carbons (Fsp3) is 0. The average molecular weight is 223 g/mol. The second kappa shape index (κ2) is 6.02. The molecule has 0 aliphatic carbocycles. The molecule has 64 valence electrons. The van der Waals surface area contributed by atoms with E-state index in [4.69, 9.17) is 5.73 Å². The molecule has 0 aliphatic rings. The number of rotatable bonds is 2. The molecule has 0 radical (unpaired) electrons. The number of primary amides is 1. The molecule has 0 fully saturated rings. The topological polar surface area (TPSA) is 83.2 Å². The van der Waals surface area contributed by atoms with E-state index in [2.05, 4.69) is 0 Å². The summed E-state index contributed by atoms with van der Waals surface area (Å²) in [5.74, 6) is -0.571. The molecule has 1 aromatic rings. The molecule has 1 unspecified atom stereocenters. The van der Waals surface area contributed by atoms with Gasteiger partial charge in [-0.25, -0.2) is 0 Å². The Balaban J connectivity index is 0.00000144. The van der Waals surface area contributed by atoms with Crippen molar-refractivity contribution in [3.05, 3.63) is 29.8 Å². The summed E-state index contributed by atoms with van der Waals surface area (Å²) in [6.07, 6.45) is 0. The Morgan fingerprint density at radius 3 is 2.08 bits per heavy atom. The molecular weight excluding hydrogens is 217 g/mol. The molecule has 0 heterocycles. The van der Waals surface area contributed by atoms with Crippen LogP contribution < -0.4 is 57.1 Å². The number of nitrogens with two attached hydrogens (primary N) is 1. The van der Waals surface area contributed by atoms with Crippen molar-refractivity contribution in [2.45, 2.75) is 4.90 Å². The van der Waals surface area contributed by atoms with E-state index in [-0.39, 0.29) is 56.3 Å². The third-order valence-corrected chi connectivity index (χ3v) is 1.99. The van der Waals surface area contributed by atoms with Crippen molar-refractivity contribution in [2.24, 2.45) is 5.73 Å². The van der Waals surface area contributed by atoms with Crippen molar-refractivity contribution >= 4 is 17.0 Å². The summed E-state index contributed by atoms with van der Waals surface area (Å²) in [4.78, 5) is 10.7. The van der Waals surface area contributed by atoms with Gasteiger partial charge in [-0.3, -0.25) is 9.00 Å². The van der Waals surface area contributed by atoms with Crippen molar-refractivity contribution < 1.29 is 64.9 Å². The molecule has 1 aromatic carbocycles. The minimum atomic E-state index is -2.25. The van der Waals surface area contributed by atoms with Gasteiger partial charge in [0.05, 0.1) is 0 Å². The first kappa shape index (κ1) is 13.4. The average Bonchev–Trinajstić information content (AvgIpc) is 2.04. The van der Waals surface area contributed by atoms with E-state index in [1.54, 1.807) is 0 Å². The third kappa shape index (κ3) is 3.99. The minimum Gasteiger partial charge on any atom is -0.768 e. The van der Waals surface area contributed by atoms with E-state index in [1.807, 2.05) is 0 Å². The van der Waals surface area contributed by atoms with Crippen molar-refractivity contribution in [1.82, 2.24) is 0 Å². The molecule has 0 spiro atoms. The summed E-state index contributed by atoms with van der Waals surface area (Å²) in [7, 11) is 0. The maximum atomic E-state index is 10.6. The van der Waals surface area contributed by atoms with E-state index in [0.29, 0.717) is 5.56 Å². The van der Waals surface area contributed by atoms with Gasteiger partial charge in [-0.1, -0.05) is 0 Å². The van der Waals surface area contributed by atoms with Crippen LogP contribution in [0.15, 0.2) is 29.2 Å². The smallest absolute Gasteiger partial charge is 0.768 e. The zero-order valence-electron chi connectivity index (χ0n) is 7.02. The Kier molecular flexibility index (Phi) is 6.22. The fourth-order valence-corrected chi connectivity index (χ4v) is 1.09. The monoisotopic (exact) mass is 223 g/mol. The van der Waals surface area contributed by atoms with Crippen LogP contribution >= 0.6 is 0 Å². The first-order valence-corrected chi connectivity index (χ1v) is 4.18. The summed E-state index contributed by atoms with van der Waals surface area (Å²) >= 11 is -2.25. The molecule has 0 aliphatic heterocycles. The Morgan fingerprint density at radius 2 is 1.77 bits per heavy atom. The second-order valence-electron chi connectivity index (χ2n) is 2.12. The van der Waals surface area contributed by atoms with Gasteiger partial charge < -0.3 is 10.3 Å². The van der Waals surface area contributed by atoms with Crippen LogP contribution in [0, 0.1) is 0 Å². The third-order valence-electron chi connectivity index (χ3n) is 1.33. The second-order valence-corrected chi connectivity index (χ2v) is 3.06. The maximum Gasteiger partial charge on any atom is 1.00 e. The predicted octanol–water partition coefficient (Wildman–Crippen LogP) is -2.97. The number of carbonyl (C=O) groups excluding carboxylic acids is 1. The SMILES string of the molecule is NC(=O)c1ccc(S(=O)[O-])cc1.[K+]. The van der Waals surface area contributed by atoms with Crippen LogP contribution in [-0.4, -0.2) is 14.7 Å². The van der Waals surface area contributed by atoms with E-state index >= 15 is 0 Å². The molecule has 2 N–H and O–H groups in total. The van der Waals surface area contributed by atoms with Crippen LogP contribution in [0.4, 0.5) is 0 Å². The van der Waals surface area contributed by atoms with Gasteiger partial charge in [0.15, 0.2) is 0 Å². The summed E-state index contributed by atoms with van der Waals surface area (Å²) in [6.45, 7) is 0. The van der Waals surface area contributed by atoms with Gasteiger partial charge >= 0.3 is 51.4 Å². The summed E-state index contributed by atoms with van der Waals surface area (Å²) in [5, 5.41) is 0. The normalized spacial score (nSPS) is 11.5. The first-order valence-electron chi connectivity index (χ1n) is 3.10. The Labute approximate surface area is 121 Å². The maximum absolute atomic E-state index is 10.6. The van der Waals surface area contributed by atoms with Crippen molar-refractivity contribution in [2.75, 3.05) is 0 Å². The van der Waals surface area contributed by atoms with Crippen LogP contribution in [0.2, 0.25) is 0 Å². The molecule has 13 heavy (non-hydrogen) atoms. The molecule has 0 aromatic heterocycles. The van der Waals surface area contributed by atoms with E-state index in [0.717, 1.165) is 0 Å². The van der Waals surface area contributed by atoms with Crippen LogP contribution in [0.3, 0.4) is 0 Å². The molecular formula is C7H6KNO3S. The molecule has 6 heteroatoms. The van der Waals surface area contributed by atoms with Crippen LogP contribution in [0.1, 0.15) is 10.4 Å². The minimum absolute atomic E-state index is 0. The number of hydrogen-bond acceptors (Lipinski definition) is 3. The number of hydrogen-bond donors (Lipinski definition) is 1. The first-order chi connectivity index (χ1) is 5.61. The zero-order chi connectivity index (χ0) is 9.14. The standard InChI is InChI=1S/C7H7NO3S.K/c8-7(9)5-1-3-6(4-2-5)12(10)11;/h1-4H,(H2,8,9)(H,10,11);/q;+1/p-1. The molecule has 0 saturated carbocycles. The van der Waals surface area contributed by atoms with Crippen LogP contribution in [0.5, 0.6) is 0 Å². The van der Waals surface area contributed by atoms with Crippen LogP contribution in [0.25, 0.3) is 0 Å². The van der Waals surface area contributed by atoms with E-state index in [1.165, 1.54) is 24.3 Å². The van der Waals surface area contributed by atoms with Gasteiger partial charge in [0.2, 0.25) is 5.91 Å². The number of carbonyl (C=O) groups is 1. The zero-order valence-corrected chi connectivity index (χ0v) is 11.0. The molecule has 1 atom stereocenters. The summed E-state index contributed by atoms with van der Waals surface area (Å²) in [5.41, 5.74) is 5.24. The Bertz CT molecular complexity index is 292. The summed E-state index contributed by atoms with van der Waals surface area (Å²) < 4.78 is 20.7. The van der Waals surface area contributed by atoms with E-state index < -0.39 is 17.0 Å². The van der Waals surface area contributed by atoms with E-state index in [9.17, 15) is 13.6 Å². The van der Waals surface area contributed by atoms with Crippen molar-refractivity contribution in [3.8, 4) is 0 Å². The molecule has 1 rings (SSSR count). The molecule has 4 nitrogen and oxygen atoms in total. The van der Waals surface area contributed by atoms with Gasteiger partial charge in [0.25, 0.3) is 0 Å². The van der Waals surface area contributed by atoms with Gasteiger partial charge in [-0.05, 0) is 35.3 Å². The Hall–Kier alpha value is 0.436. The Morgan fingerprint density at radius 1 is 1.31 bits per heavy atom. The number of amides is 1. The molecule has 1 amide bonds. The fourth-order valence-electron chi connectivity index (χ4n) is 0.730. The van der Waals surface area contributed by atoms with Gasteiger partial charge in [-0.15, -0.1) is 0 Å². The van der Waals surface area contributed by atoms with Crippen LogP contribution in [-0.2, 0) is 11.1 Å². The van der Waals surface area contributed by atoms with Gasteiger partial charge in [0, 0.05) is 10.5 Å². The predicted molar refractivity (Wildman–Crippen MR) is 42.1 cm³/mol.